The lowest BCUT2D eigenvalue weighted by molar-refractivity contribution is 0.184. The normalized spacial score (nSPS) is 19.2. The minimum atomic E-state index is 0.372. The second-order valence-electron chi connectivity index (χ2n) is 4.96. The van der Waals surface area contributed by atoms with Gasteiger partial charge in [0.1, 0.15) is 5.75 Å². The van der Waals surface area contributed by atoms with E-state index in [1.165, 1.54) is 16.7 Å². The number of nitrogens with zero attached hydrogens (tertiary/aromatic N) is 1. The Morgan fingerprint density at radius 3 is 2.24 bits per heavy atom. The molecule has 1 aromatic rings. The maximum Gasteiger partial charge on any atom is 0.116 e. The summed E-state index contributed by atoms with van der Waals surface area (Å²) in [5.74, 6) is 0.372. The average Bonchev–Trinajstić information content (AvgIpc) is 2.28. The molecule has 17 heavy (non-hydrogen) atoms. The van der Waals surface area contributed by atoms with Crippen LogP contribution in [0.15, 0.2) is 12.1 Å². The van der Waals surface area contributed by atoms with Crippen LogP contribution in [0.5, 0.6) is 5.75 Å². The van der Waals surface area contributed by atoms with Crippen molar-refractivity contribution in [3.8, 4) is 5.75 Å². The molecule has 1 atom stereocenters. The van der Waals surface area contributed by atoms with Crippen LogP contribution in [0.1, 0.15) is 29.7 Å². The fraction of sp³-hybridized carbons (Fsp3) is 0.571. The molecule has 1 saturated heterocycles. The number of phenolic OH excluding ortho intramolecular Hbond substituents is 1. The molecule has 1 aliphatic heterocycles. The first-order chi connectivity index (χ1) is 8.09. The van der Waals surface area contributed by atoms with E-state index in [0.29, 0.717) is 11.8 Å². The molecule has 0 radical (unpaired) electrons. The van der Waals surface area contributed by atoms with Gasteiger partial charge in [0.15, 0.2) is 0 Å². The minimum Gasteiger partial charge on any atom is -0.508 e. The zero-order chi connectivity index (χ0) is 12.4. The predicted molar refractivity (Wildman–Crippen MR) is 70.4 cm³/mol. The second kappa shape index (κ2) is 5.07. The summed E-state index contributed by atoms with van der Waals surface area (Å²) in [6.45, 7) is 10.8. The van der Waals surface area contributed by atoms with Crippen LogP contribution in [-0.2, 0) is 0 Å². The number of aryl methyl sites for hydroxylation is 2. The minimum absolute atomic E-state index is 0.372. The standard InChI is InChI=1S/C14H22N2O/c1-10-8-13(17)9-11(2)14(10)12(3)16-6-4-15-5-7-16/h8-9,12,15,17H,4-7H2,1-3H3/t12-/m1/s1. The van der Waals surface area contributed by atoms with Crippen LogP contribution in [-0.4, -0.2) is 36.2 Å². The number of nitrogens with one attached hydrogen (secondary N) is 1. The fourth-order valence-corrected chi connectivity index (χ4v) is 2.86. The summed E-state index contributed by atoms with van der Waals surface area (Å²) in [6, 6.07) is 4.15. The zero-order valence-corrected chi connectivity index (χ0v) is 11.0. The van der Waals surface area contributed by atoms with Crippen molar-refractivity contribution in [2.45, 2.75) is 26.8 Å². The van der Waals surface area contributed by atoms with Crippen LogP contribution in [0.25, 0.3) is 0 Å². The topological polar surface area (TPSA) is 35.5 Å². The van der Waals surface area contributed by atoms with E-state index in [2.05, 4.69) is 31.0 Å². The van der Waals surface area contributed by atoms with Gasteiger partial charge in [-0.15, -0.1) is 0 Å². The fourth-order valence-electron chi connectivity index (χ4n) is 2.86. The molecule has 0 unspecified atom stereocenters. The number of aromatic hydroxyl groups is 1. The predicted octanol–water partition coefficient (Wildman–Crippen LogP) is 1.98. The third-order valence-corrected chi connectivity index (χ3v) is 3.70. The van der Waals surface area contributed by atoms with Gasteiger partial charge in [-0.2, -0.15) is 0 Å². The Hall–Kier alpha value is -1.06. The van der Waals surface area contributed by atoms with E-state index in [1.54, 1.807) is 0 Å². The Kier molecular flexibility index (Phi) is 3.69. The van der Waals surface area contributed by atoms with Crippen molar-refractivity contribution in [3.05, 3.63) is 28.8 Å². The molecule has 0 bridgehead atoms. The number of hydrogen-bond acceptors (Lipinski definition) is 3. The first-order valence-electron chi connectivity index (χ1n) is 6.34. The molecule has 0 aromatic heterocycles. The highest BCUT2D eigenvalue weighted by molar-refractivity contribution is 5.42. The number of phenols is 1. The number of hydrogen-bond donors (Lipinski definition) is 2. The lowest BCUT2D eigenvalue weighted by atomic mass is 9.95. The van der Waals surface area contributed by atoms with Crippen molar-refractivity contribution in [3.63, 3.8) is 0 Å². The quantitative estimate of drug-likeness (QED) is 0.821. The molecule has 2 rings (SSSR count). The van der Waals surface area contributed by atoms with Crippen LogP contribution in [0.4, 0.5) is 0 Å². The third-order valence-electron chi connectivity index (χ3n) is 3.70. The first-order valence-corrected chi connectivity index (χ1v) is 6.34. The molecule has 0 aliphatic carbocycles. The maximum atomic E-state index is 9.59. The monoisotopic (exact) mass is 234 g/mol. The summed E-state index contributed by atoms with van der Waals surface area (Å²) in [4.78, 5) is 2.50. The molecule has 0 amide bonds. The highest BCUT2D eigenvalue weighted by Gasteiger charge is 2.20. The smallest absolute Gasteiger partial charge is 0.116 e. The van der Waals surface area contributed by atoms with Gasteiger partial charge in [0.2, 0.25) is 0 Å². The lowest BCUT2D eigenvalue weighted by Gasteiger charge is -2.34. The Morgan fingerprint density at radius 2 is 1.71 bits per heavy atom. The van der Waals surface area contributed by atoms with Gasteiger partial charge in [0.05, 0.1) is 0 Å². The van der Waals surface area contributed by atoms with Crippen LogP contribution in [0.3, 0.4) is 0 Å². The molecule has 94 valence electrons. The van der Waals surface area contributed by atoms with E-state index in [9.17, 15) is 5.11 Å². The molecule has 3 nitrogen and oxygen atoms in total. The molecular formula is C14H22N2O. The van der Waals surface area contributed by atoms with Crippen molar-refractivity contribution in [1.29, 1.82) is 0 Å². The van der Waals surface area contributed by atoms with Gasteiger partial charge in [-0.3, -0.25) is 4.90 Å². The highest BCUT2D eigenvalue weighted by Crippen LogP contribution is 2.29. The van der Waals surface area contributed by atoms with Gasteiger partial charge >= 0.3 is 0 Å². The van der Waals surface area contributed by atoms with E-state index in [4.69, 9.17) is 0 Å². The Bertz CT molecular complexity index is 374. The van der Waals surface area contributed by atoms with Crippen molar-refractivity contribution in [1.82, 2.24) is 10.2 Å². The van der Waals surface area contributed by atoms with Crippen molar-refractivity contribution in [2.24, 2.45) is 0 Å². The van der Waals surface area contributed by atoms with E-state index in [1.807, 2.05) is 12.1 Å². The summed E-state index contributed by atoms with van der Waals surface area (Å²) in [7, 11) is 0. The Labute approximate surface area is 103 Å². The summed E-state index contributed by atoms with van der Waals surface area (Å²) in [5.41, 5.74) is 3.74. The third kappa shape index (κ3) is 2.61. The molecule has 2 N–H and O–H groups in total. The van der Waals surface area contributed by atoms with Crippen LogP contribution >= 0.6 is 0 Å². The van der Waals surface area contributed by atoms with E-state index in [-0.39, 0.29) is 0 Å². The Balaban J connectivity index is 2.26. The SMILES string of the molecule is Cc1cc(O)cc(C)c1[C@@H](C)N1CCNCC1. The van der Waals surface area contributed by atoms with Gasteiger partial charge in [-0.1, -0.05) is 0 Å². The lowest BCUT2D eigenvalue weighted by Crippen LogP contribution is -2.44. The molecule has 0 spiro atoms. The number of piperazine rings is 1. The van der Waals surface area contributed by atoms with Crippen molar-refractivity contribution >= 4 is 0 Å². The molecule has 1 aromatic carbocycles. The van der Waals surface area contributed by atoms with Gasteiger partial charge in [-0.25, -0.2) is 0 Å². The maximum absolute atomic E-state index is 9.59. The van der Waals surface area contributed by atoms with Crippen LogP contribution in [0, 0.1) is 13.8 Å². The molecule has 1 heterocycles. The summed E-state index contributed by atoms with van der Waals surface area (Å²) >= 11 is 0. The molecule has 1 aliphatic rings. The summed E-state index contributed by atoms with van der Waals surface area (Å²) < 4.78 is 0. The molecule has 1 fully saturated rings. The molecule has 3 heteroatoms. The van der Waals surface area contributed by atoms with Crippen LogP contribution < -0.4 is 5.32 Å². The van der Waals surface area contributed by atoms with E-state index < -0.39 is 0 Å². The van der Waals surface area contributed by atoms with Crippen molar-refractivity contribution < 1.29 is 5.11 Å². The van der Waals surface area contributed by atoms with Crippen molar-refractivity contribution in [2.75, 3.05) is 26.2 Å². The largest absolute Gasteiger partial charge is 0.508 e. The number of rotatable bonds is 2. The summed E-state index contributed by atoms with van der Waals surface area (Å²) in [6.07, 6.45) is 0. The number of benzene rings is 1. The highest BCUT2D eigenvalue weighted by atomic mass is 16.3. The van der Waals surface area contributed by atoms with E-state index >= 15 is 0 Å². The zero-order valence-electron chi connectivity index (χ0n) is 11.0. The second-order valence-corrected chi connectivity index (χ2v) is 4.96. The molecular weight excluding hydrogens is 212 g/mol. The average molecular weight is 234 g/mol. The van der Waals surface area contributed by atoms with Gasteiger partial charge in [-0.05, 0) is 49.6 Å². The first kappa shape index (κ1) is 12.4. The van der Waals surface area contributed by atoms with Crippen LogP contribution in [0.2, 0.25) is 0 Å². The Morgan fingerprint density at radius 1 is 1.18 bits per heavy atom. The van der Waals surface area contributed by atoms with Gasteiger partial charge < -0.3 is 10.4 Å². The molecule has 0 saturated carbocycles. The van der Waals surface area contributed by atoms with E-state index in [0.717, 1.165) is 26.2 Å². The summed E-state index contributed by atoms with van der Waals surface area (Å²) in [5, 5.41) is 13.0. The van der Waals surface area contributed by atoms with Gasteiger partial charge in [0, 0.05) is 32.2 Å². The van der Waals surface area contributed by atoms with Gasteiger partial charge in [0.25, 0.3) is 0 Å².